The van der Waals surface area contributed by atoms with Crippen molar-refractivity contribution in [1.29, 1.82) is 0 Å². The Morgan fingerprint density at radius 3 is 2.33 bits per heavy atom. The van der Waals surface area contributed by atoms with Gasteiger partial charge < -0.3 is 10.6 Å². The average molecular weight is 361 g/mol. The Morgan fingerprint density at radius 2 is 1.63 bits per heavy atom. The summed E-state index contributed by atoms with van der Waals surface area (Å²) in [4.78, 5) is 37.2. The number of pyridine rings is 1. The molecule has 0 fully saturated rings. The van der Waals surface area contributed by atoms with E-state index in [1.54, 1.807) is 43.5 Å². The Labute approximate surface area is 156 Å². The van der Waals surface area contributed by atoms with Gasteiger partial charge in [-0.2, -0.15) is 0 Å². The van der Waals surface area contributed by atoms with E-state index < -0.39 is 0 Å². The fourth-order valence-electron chi connectivity index (χ4n) is 2.40. The normalized spacial score (nSPS) is 10.3. The molecule has 7 nitrogen and oxygen atoms in total. The van der Waals surface area contributed by atoms with Crippen molar-refractivity contribution < 1.29 is 9.59 Å². The third-order valence-electron chi connectivity index (χ3n) is 4.02. The first-order chi connectivity index (χ1) is 12.9. The van der Waals surface area contributed by atoms with Gasteiger partial charge >= 0.3 is 0 Å². The minimum Gasteiger partial charge on any atom is -0.320 e. The summed E-state index contributed by atoms with van der Waals surface area (Å²) in [7, 11) is 0. The molecule has 2 aromatic heterocycles. The second-order valence-electron chi connectivity index (χ2n) is 6.12. The van der Waals surface area contributed by atoms with Crippen LogP contribution in [-0.2, 0) is 0 Å². The molecule has 0 bridgehead atoms. The maximum Gasteiger partial charge on any atom is 0.275 e. The molecule has 2 amide bonds. The van der Waals surface area contributed by atoms with Gasteiger partial charge in [-0.3, -0.25) is 19.6 Å². The molecule has 3 aromatic rings. The van der Waals surface area contributed by atoms with Gasteiger partial charge in [0.05, 0.1) is 23.3 Å². The van der Waals surface area contributed by atoms with Crippen LogP contribution in [0.15, 0.2) is 48.9 Å². The van der Waals surface area contributed by atoms with Crippen molar-refractivity contribution in [1.82, 2.24) is 15.0 Å². The number of rotatable bonds is 4. The molecular formula is C20H19N5O2. The lowest BCUT2D eigenvalue weighted by molar-refractivity contribution is 0.101. The van der Waals surface area contributed by atoms with E-state index in [0.717, 1.165) is 17.0 Å². The molecule has 0 radical (unpaired) electrons. The first-order valence-corrected chi connectivity index (χ1v) is 8.37. The Balaban J connectivity index is 1.79. The van der Waals surface area contributed by atoms with Gasteiger partial charge in [0.15, 0.2) is 0 Å². The van der Waals surface area contributed by atoms with E-state index in [1.807, 2.05) is 13.8 Å². The molecular weight excluding hydrogens is 342 g/mol. The molecule has 1 aromatic carbocycles. The zero-order chi connectivity index (χ0) is 19.4. The fraction of sp³-hybridized carbons (Fsp3) is 0.150. The number of carbonyl (C=O) groups excluding carboxylic acids is 2. The summed E-state index contributed by atoms with van der Waals surface area (Å²) in [5.41, 5.74) is 4.10. The SMILES string of the molecule is Cc1cnc(C(=O)Nc2cc(C(=O)Nc3cccnc3C)ccc2C)cn1. The number of aryl methyl sites for hydroxylation is 3. The summed E-state index contributed by atoms with van der Waals surface area (Å²) in [5.74, 6) is -0.664. The minimum absolute atomic E-state index is 0.209. The first-order valence-electron chi connectivity index (χ1n) is 8.37. The highest BCUT2D eigenvalue weighted by Crippen LogP contribution is 2.19. The fourth-order valence-corrected chi connectivity index (χ4v) is 2.40. The Hall–Kier alpha value is -3.61. The maximum atomic E-state index is 12.5. The smallest absolute Gasteiger partial charge is 0.275 e. The van der Waals surface area contributed by atoms with Crippen LogP contribution in [0.3, 0.4) is 0 Å². The topological polar surface area (TPSA) is 96.9 Å². The number of nitrogens with zero attached hydrogens (tertiary/aromatic N) is 3. The Kier molecular flexibility index (Phi) is 5.21. The lowest BCUT2D eigenvalue weighted by atomic mass is 10.1. The molecule has 0 aliphatic heterocycles. The zero-order valence-corrected chi connectivity index (χ0v) is 15.3. The van der Waals surface area contributed by atoms with Crippen LogP contribution in [-0.4, -0.2) is 26.8 Å². The molecule has 0 unspecified atom stereocenters. The van der Waals surface area contributed by atoms with Crippen LogP contribution >= 0.6 is 0 Å². The average Bonchev–Trinajstić information content (AvgIpc) is 2.65. The van der Waals surface area contributed by atoms with Gasteiger partial charge in [0.25, 0.3) is 11.8 Å². The number of anilines is 2. The Morgan fingerprint density at radius 1 is 0.852 bits per heavy atom. The minimum atomic E-state index is -0.383. The second kappa shape index (κ2) is 7.74. The number of nitrogens with one attached hydrogen (secondary N) is 2. The van der Waals surface area contributed by atoms with Crippen molar-refractivity contribution in [3.05, 3.63) is 77.1 Å². The number of benzene rings is 1. The van der Waals surface area contributed by atoms with Crippen LogP contribution in [0.2, 0.25) is 0 Å². The van der Waals surface area contributed by atoms with Gasteiger partial charge in [-0.15, -0.1) is 0 Å². The number of carbonyl (C=O) groups is 2. The predicted molar refractivity (Wildman–Crippen MR) is 103 cm³/mol. The second-order valence-corrected chi connectivity index (χ2v) is 6.12. The summed E-state index contributed by atoms with van der Waals surface area (Å²) in [5, 5.41) is 5.61. The molecule has 136 valence electrons. The van der Waals surface area contributed by atoms with E-state index in [9.17, 15) is 9.59 Å². The molecule has 27 heavy (non-hydrogen) atoms. The summed E-state index contributed by atoms with van der Waals surface area (Å²) < 4.78 is 0. The Bertz CT molecular complexity index is 1000. The third-order valence-corrected chi connectivity index (χ3v) is 4.02. The molecule has 0 spiro atoms. The number of aromatic nitrogens is 3. The van der Waals surface area contributed by atoms with Crippen molar-refractivity contribution >= 4 is 23.2 Å². The standard InChI is InChI=1S/C20H19N5O2/c1-12-6-7-15(19(26)24-16-5-4-8-21-14(16)3)9-17(12)25-20(27)18-11-22-13(2)10-23-18/h4-11H,1-3H3,(H,24,26)(H,25,27). The van der Waals surface area contributed by atoms with Gasteiger partial charge in [0.1, 0.15) is 5.69 Å². The summed E-state index contributed by atoms with van der Waals surface area (Å²) >= 11 is 0. The van der Waals surface area contributed by atoms with Crippen molar-refractivity contribution in [2.24, 2.45) is 0 Å². The van der Waals surface area contributed by atoms with Crippen LogP contribution in [0.1, 0.15) is 37.8 Å². The molecule has 0 aliphatic carbocycles. The van der Waals surface area contributed by atoms with Crippen molar-refractivity contribution in [2.45, 2.75) is 20.8 Å². The largest absolute Gasteiger partial charge is 0.320 e. The number of hydrogen-bond acceptors (Lipinski definition) is 5. The van der Waals surface area contributed by atoms with Crippen molar-refractivity contribution in [3.8, 4) is 0 Å². The van der Waals surface area contributed by atoms with Gasteiger partial charge in [0, 0.05) is 23.6 Å². The molecule has 0 saturated heterocycles. The van der Waals surface area contributed by atoms with Gasteiger partial charge in [-0.1, -0.05) is 6.07 Å². The predicted octanol–water partition coefficient (Wildman–Crippen LogP) is 3.30. The van der Waals surface area contributed by atoms with Gasteiger partial charge in [-0.05, 0) is 50.6 Å². The highest BCUT2D eigenvalue weighted by molar-refractivity contribution is 6.07. The molecule has 2 N–H and O–H groups in total. The van der Waals surface area contributed by atoms with E-state index in [2.05, 4.69) is 25.6 Å². The molecule has 0 atom stereocenters. The highest BCUT2D eigenvalue weighted by atomic mass is 16.2. The van der Waals surface area contributed by atoms with Crippen LogP contribution in [0.25, 0.3) is 0 Å². The molecule has 7 heteroatoms. The van der Waals surface area contributed by atoms with Crippen LogP contribution in [0.4, 0.5) is 11.4 Å². The zero-order valence-electron chi connectivity index (χ0n) is 15.3. The van der Waals surface area contributed by atoms with Crippen LogP contribution in [0.5, 0.6) is 0 Å². The van der Waals surface area contributed by atoms with E-state index in [1.165, 1.54) is 12.4 Å². The lowest BCUT2D eigenvalue weighted by Gasteiger charge is -2.11. The van der Waals surface area contributed by atoms with Crippen LogP contribution in [0, 0.1) is 20.8 Å². The monoisotopic (exact) mass is 361 g/mol. The first kappa shape index (κ1) is 18.2. The lowest BCUT2D eigenvalue weighted by Crippen LogP contribution is -2.17. The van der Waals surface area contributed by atoms with Crippen molar-refractivity contribution in [3.63, 3.8) is 0 Å². The number of amides is 2. The van der Waals surface area contributed by atoms with E-state index in [0.29, 0.717) is 16.9 Å². The summed E-state index contributed by atoms with van der Waals surface area (Å²) in [6.45, 7) is 5.47. The number of hydrogen-bond donors (Lipinski definition) is 2. The van der Waals surface area contributed by atoms with E-state index >= 15 is 0 Å². The van der Waals surface area contributed by atoms with Crippen molar-refractivity contribution in [2.75, 3.05) is 10.6 Å². The quantitative estimate of drug-likeness (QED) is 0.743. The molecule has 0 aliphatic rings. The van der Waals surface area contributed by atoms with E-state index in [-0.39, 0.29) is 17.5 Å². The van der Waals surface area contributed by atoms with Gasteiger partial charge in [-0.25, -0.2) is 4.98 Å². The van der Waals surface area contributed by atoms with E-state index in [4.69, 9.17) is 0 Å². The highest BCUT2D eigenvalue weighted by Gasteiger charge is 2.13. The maximum absolute atomic E-state index is 12.5. The van der Waals surface area contributed by atoms with Gasteiger partial charge in [0.2, 0.25) is 0 Å². The molecule has 3 rings (SSSR count). The third kappa shape index (κ3) is 4.33. The molecule has 2 heterocycles. The summed E-state index contributed by atoms with van der Waals surface area (Å²) in [6.07, 6.45) is 4.61. The molecule has 0 saturated carbocycles. The van der Waals surface area contributed by atoms with Crippen LogP contribution < -0.4 is 10.6 Å². The summed E-state index contributed by atoms with van der Waals surface area (Å²) in [6, 6.07) is 8.66.